The summed E-state index contributed by atoms with van der Waals surface area (Å²) in [5.41, 5.74) is 0.794. The van der Waals surface area contributed by atoms with E-state index >= 15 is 0 Å². The number of carboxylic acid groups (broad SMARTS) is 1. The molecule has 94 valence electrons. The maximum Gasteiger partial charge on any atom is 0.304 e. The van der Waals surface area contributed by atoms with E-state index in [1.165, 1.54) is 18.1 Å². The summed E-state index contributed by atoms with van der Waals surface area (Å²) < 4.78 is 5.13. The number of hydrogen-bond acceptors (Lipinski definition) is 5. The minimum absolute atomic E-state index is 0.117. The average molecular weight is 264 g/mol. The number of fused-ring (bicyclic) bond motifs is 1. The Morgan fingerprint density at radius 3 is 3.00 bits per heavy atom. The molecule has 0 saturated carbocycles. The molecular formula is C12H12N2O3S. The quantitative estimate of drug-likeness (QED) is 0.659. The van der Waals surface area contributed by atoms with Gasteiger partial charge in [0, 0.05) is 17.2 Å². The molecule has 0 atom stereocenters. The lowest BCUT2D eigenvalue weighted by Crippen LogP contribution is -1.96. The fourth-order valence-electron chi connectivity index (χ4n) is 1.49. The summed E-state index contributed by atoms with van der Waals surface area (Å²) in [7, 11) is 1.60. The Hall–Kier alpha value is -1.82. The van der Waals surface area contributed by atoms with E-state index in [4.69, 9.17) is 9.84 Å². The highest BCUT2D eigenvalue weighted by Gasteiger charge is 2.06. The van der Waals surface area contributed by atoms with Gasteiger partial charge < -0.3 is 9.84 Å². The van der Waals surface area contributed by atoms with Crippen LogP contribution in [0, 0.1) is 0 Å². The normalized spacial score (nSPS) is 10.5. The van der Waals surface area contributed by atoms with Crippen molar-refractivity contribution in [1.29, 1.82) is 0 Å². The molecule has 5 nitrogen and oxygen atoms in total. The first-order chi connectivity index (χ1) is 8.70. The van der Waals surface area contributed by atoms with Crippen LogP contribution in [-0.2, 0) is 4.79 Å². The number of carboxylic acids is 1. The molecular weight excluding hydrogens is 252 g/mol. The van der Waals surface area contributed by atoms with Crippen LogP contribution in [0.3, 0.4) is 0 Å². The van der Waals surface area contributed by atoms with E-state index < -0.39 is 5.97 Å². The monoisotopic (exact) mass is 264 g/mol. The lowest BCUT2D eigenvalue weighted by Gasteiger charge is -2.05. The van der Waals surface area contributed by atoms with E-state index in [-0.39, 0.29) is 6.42 Å². The van der Waals surface area contributed by atoms with Gasteiger partial charge in [-0.3, -0.25) is 4.79 Å². The molecule has 0 radical (unpaired) electrons. The second-order valence-electron chi connectivity index (χ2n) is 3.55. The number of nitrogens with zero attached hydrogens (tertiary/aromatic N) is 2. The zero-order chi connectivity index (χ0) is 13.0. The Balaban J connectivity index is 2.25. The van der Waals surface area contributed by atoms with Gasteiger partial charge in [-0.2, -0.15) is 0 Å². The summed E-state index contributed by atoms with van der Waals surface area (Å²) in [5.74, 6) is 0.429. The second kappa shape index (κ2) is 5.68. The molecule has 0 spiro atoms. The molecule has 6 heteroatoms. The standard InChI is InChI=1S/C12H12N2O3S/c1-17-8-2-3-9-10(6-8)13-7-14-12(9)18-5-4-11(15)16/h2-3,6-7H,4-5H2,1H3,(H,15,16). The lowest BCUT2D eigenvalue weighted by molar-refractivity contribution is -0.136. The number of aliphatic carboxylic acids is 1. The van der Waals surface area contributed by atoms with E-state index in [1.54, 1.807) is 7.11 Å². The number of carbonyl (C=O) groups is 1. The number of methoxy groups -OCH3 is 1. The first kappa shape index (κ1) is 12.6. The highest BCUT2D eigenvalue weighted by Crippen LogP contribution is 2.27. The lowest BCUT2D eigenvalue weighted by atomic mass is 10.2. The summed E-state index contributed by atoms with van der Waals surface area (Å²) in [6, 6.07) is 5.56. The number of ether oxygens (including phenoxy) is 1. The van der Waals surface area contributed by atoms with Crippen molar-refractivity contribution in [2.24, 2.45) is 0 Å². The van der Waals surface area contributed by atoms with Crippen LogP contribution in [0.25, 0.3) is 10.9 Å². The van der Waals surface area contributed by atoms with Gasteiger partial charge in [-0.15, -0.1) is 11.8 Å². The third-order valence-electron chi connectivity index (χ3n) is 2.36. The fraction of sp³-hybridized carbons (Fsp3) is 0.250. The van der Waals surface area contributed by atoms with Crippen molar-refractivity contribution in [3.05, 3.63) is 24.5 Å². The molecule has 0 aliphatic rings. The molecule has 1 aromatic heterocycles. The van der Waals surface area contributed by atoms with Gasteiger partial charge in [0.2, 0.25) is 0 Å². The fourth-order valence-corrected chi connectivity index (χ4v) is 2.41. The molecule has 1 aromatic carbocycles. The molecule has 2 rings (SSSR count). The molecule has 1 heterocycles. The van der Waals surface area contributed by atoms with Crippen LogP contribution in [0.2, 0.25) is 0 Å². The van der Waals surface area contributed by atoms with Crippen molar-refractivity contribution in [3.8, 4) is 5.75 Å². The van der Waals surface area contributed by atoms with E-state index in [1.807, 2.05) is 18.2 Å². The maximum atomic E-state index is 10.5. The number of rotatable bonds is 5. The summed E-state index contributed by atoms with van der Waals surface area (Å²) in [6.07, 6.45) is 1.59. The molecule has 2 aromatic rings. The third kappa shape index (κ3) is 2.89. The van der Waals surface area contributed by atoms with Crippen LogP contribution in [-0.4, -0.2) is 33.9 Å². The Bertz CT molecular complexity index is 574. The number of aromatic nitrogens is 2. The highest BCUT2D eigenvalue weighted by molar-refractivity contribution is 7.99. The second-order valence-corrected chi connectivity index (χ2v) is 4.64. The average Bonchev–Trinajstić information content (AvgIpc) is 2.38. The van der Waals surface area contributed by atoms with Crippen molar-refractivity contribution in [2.45, 2.75) is 11.4 Å². The highest BCUT2D eigenvalue weighted by atomic mass is 32.2. The van der Waals surface area contributed by atoms with Crippen molar-refractivity contribution in [3.63, 3.8) is 0 Å². The maximum absolute atomic E-state index is 10.5. The SMILES string of the molecule is COc1ccc2c(SCCC(=O)O)ncnc2c1. The predicted molar refractivity (Wildman–Crippen MR) is 69.1 cm³/mol. The molecule has 0 bridgehead atoms. The van der Waals surface area contributed by atoms with Crippen LogP contribution < -0.4 is 4.74 Å². The van der Waals surface area contributed by atoms with Crippen LogP contribution in [0.1, 0.15) is 6.42 Å². The van der Waals surface area contributed by atoms with Gasteiger partial charge in [0.25, 0.3) is 0 Å². The smallest absolute Gasteiger partial charge is 0.304 e. The van der Waals surface area contributed by atoms with Crippen molar-refractivity contribution >= 4 is 28.6 Å². The van der Waals surface area contributed by atoms with Crippen LogP contribution in [0.15, 0.2) is 29.6 Å². The molecule has 18 heavy (non-hydrogen) atoms. The molecule has 0 unspecified atom stereocenters. The van der Waals surface area contributed by atoms with Gasteiger partial charge in [0.15, 0.2) is 0 Å². The Morgan fingerprint density at radius 2 is 2.28 bits per heavy atom. The molecule has 1 N–H and O–H groups in total. The van der Waals surface area contributed by atoms with Crippen LogP contribution >= 0.6 is 11.8 Å². The van der Waals surface area contributed by atoms with E-state index in [0.29, 0.717) is 5.75 Å². The van der Waals surface area contributed by atoms with Gasteiger partial charge in [-0.25, -0.2) is 9.97 Å². The van der Waals surface area contributed by atoms with E-state index in [9.17, 15) is 4.79 Å². The van der Waals surface area contributed by atoms with Gasteiger partial charge >= 0.3 is 5.97 Å². The minimum Gasteiger partial charge on any atom is -0.497 e. The molecule has 0 fully saturated rings. The van der Waals surface area contributed by atoms with Gasteiger partial charge in [0.1, 0.15) is 17.1 Å². The summed E-state index contributed by atoms with van der Waals surface area (Å²) in [5, 5.41) is 10.3. The Morgan fingerprint density at radius 1 is 1.44 bits per heavy atom. The minimum atomic E-state index is -0.803. The largest absolute Gasteiger partial charge is 0.497 e. The zero-order valence-electron chi connectivity index (χ0n) is 9.79. The van der Waals surface area contributed by atoms with E-state index in [2.05, 4.69) is 9.97 Å². The van der Waals surface area contributed by atoms with Gasteiger partial charge in [-0.05, 0) is 12.1 Å². The third-order valence-corrected chi connectivity index (χ3v) is 3.37. The number of benzene rings is 1. The summed E-state index contributed by atoms with van der Waals surface area (Å²) in [6.45, 7) is 0. The zero-order valence-corrected chi connectivity index (χ0v) is 10.6. The van der Waals surface area contributed by atoms with Crippen LogP contribution in [0.4, 0.5) is 0 Å². The summed E-state index contributed by atoms with van der Waals surface area (Å²) >= 11 is 1.42. The first-order valence-corrected chi connectivity index (χ1v) is 6.32. The molecule has 0 amide bonds. The van der Waals surface area contributed by atoms with Gasteiger partial charge in [-0.1, -0.05) is 0 Å². The van der Waals surface area contributed by atoms with Crippen molar-refractivity contribution in [2.75, 3.05) is 12.9 Å². The first-order valence-electron chi connectivity index (χ1n) is 5.34. The molecule has 0 saturated heterocycles. The van der Waals surface area contributed by atoms with E-state index in [0.717, 1.165) is 21.7 Å². The Labute approximate surface area is 108 Å². The topological polar surface area (TPSA) is 72.3 Å². The molecule has 0 aliphatic heterocycles. The van der Waals surface area contributed by atoms with Gasteiger partial charge in [0.05, 0.1) is 19.0 Å². The van der Waals surface area contributed by atoms with Crippen molar-refractivity contribution < 1.29 is 14.6 Å². The Kier molecular flexibility index (Phi) is 3.99. The predicted octanol–water partition coefficient (Wildman–Crippen LogP) is 2.21. The summed E-state index contributed by atoms with van der Waals surface area (Å²) in [4.78, 5) is 18.8. The van der Waals surface area contributed by atoms with Crippen molar-refractivity contribution in [1.82, 2.24) is 9.97 Å². The number of hydrogen-bond donors (Lipinski definition) is 1. The number of thioether (sulfide) groups is 1. The molecule has 0 aliphatic carbocycles. The van der Waals surface area contributed by atoms with Crippen LogP contribution in [0.5, 0.6) is 5.75 Å².